The first-order valence-electron chi connectivity index (χ1n) is 6.31. The molecule has 2 aromatic rings. The average molecular weight is 291 g/mol. The number of hydrogen-bond acceptors (Lipinski definition) is 5. The van der Waals surface area contributed by atoms with Crippen molar-refractivity contribution in [3.05, 3.63) is 35.6 Å². The molecule has 0 bridgehead atoms. The smallest absolute Gasteiger partial charge is 0.320 e. The van der Waals surface area contributed by atoms with Crippen LogP contribution in [0, 0.1) is 6.92 Å². The maximum Gasteiger partial charge on any atom is 0.320 e. The number of nitrogens with zero attached hydrogens (tertiary/aromatic N) is 1. The van der Waals surface area contributed by atoms with Crippen molar-refractivity contribution >= 4 is 11.8 Å². The van der Waals surface area contributed by atoms with Gasteiger partial charge in [0.2, 0.25) is 0 Å². The highest BCUT2D eigenvalue weighted by Gasteiger charge is 2.07. The van der Waals surface area contributed by atoms with Gasteiger partial charge >= 0.3 is 6.03 Å². The number of ether oxygens (including phenoxy) is 2. The van der Waals surface area contributed by atoms with Gasteiger partial charge in [-0.05, 0) is 24.6 Å². The van der Waals surface area contributed by atoms with Gasteiger partial charge in [0.25, 0.3) is 0 Å². The molecule has 2 amide bonds. The number of amides is 2. The third-order valence-electron chi connectivity index (χ3n) is 2.77. The lowest BCUT2D eigenvalue weighted by molar-refractivity contribution is 0.251. The molecule has 0 saturated carbocycles. The van der Waals surface area contributed by atoms with Crippen LogP contribution in [0.25, 0.3) is 0 Å². The molecule has 0 saturated heterocycles. The number of aromatic nitrogens is 1. The Balaban J connectivity index is 1.91. The van der Waals surface area contributed by atoms with E-state index in [0.717, 1.165) is 5.56 Å². The summed E-state index contributed by atoms with van der Waals surface area (Å²) in [4.78, 5) is 11.7. The SMILES string of the molecule is COc1ccc(CNC(=O)Nc2cc(C)on2)cc1OC. The zero-order valence-corrected chi connectivity index (χ0v) is 12.1. The first kappa shape index (κ1) is 14.7. The second-order valence-electron chi connectivity index (χ2n) is 4.32. The van der Waals surface area contributed by atoms with Crippen molar-refractivity contribution in [2.75, 3.05) is 19.5 Å². The van der Waals surface area contributed by atoms with Crippen molar-refractivity contribution in [1.82, 2.24) is 10.5 Å². The summed E-state index contributed by atoms with van der Waals surface area (Å²) in [6.45, 7) is 2.10. The van der Waals surface area contributed by atoms with Crippen molar-refractivity contribution in [3.8, 4) is 11.5 Å². The van der Waals surface area contributed by atoms with E-state index in [9.17, 15) is 4.79 Å². The Morgan fingerprint density at radius 1 is 1.24 bits per heavy atom. The normalized spacial score (nSPS) is 10.0. The van der Waals surface area contributed by atoms with Crippen LogP contribution in [0.4, 0.5) is 10.6 Å². The maximum atomic E-state index is 11.7. The number of anilines is 1. The second-order valence-corrected chi connectivity index (χ2v) is 4.32. The molecule has 0 unspecified atom stereocenters. The number of nitrogens with one attached hydrogen (secondary N) is 2. The Hall–Kier alpha value is -2.70. The van der Waals surface area contributed by atoms with Crippen molar-refractivity contribution < 1.29 is 18.8 Å². The lowest BCUT2D eigenvalue weighted by atomic mass is 10.2. The van der Waals surface area contributed by atoms with Crippen LogP contribution in [-0.4, -0.2) is 25.4 Å². The summed E-state index contributed by atoms with van der Waals surface area (Å²) in [5.74, 6) is 2.26. The molecule has 7 heteroatoms. The molecular formula is C14H17N3O4. The molecule has 0 aliphatic carbocycles. The topological polar surface area (TPSA) is 85.6 Å². The van der Waals surface area contributed by atoms with Crippen LogP contribution < -0.4 is 20.1 Å². The van der Waals surface area contributed by atoms with Gasteiger partial charge in [0.05, 0.1) is 14.2 Å². The summed E-state index contributed by atoms with van der Waals surface area (Å²) in [5.41, 5.74) is 0.888. The Labute approximate surface area is 122 Å². The van der Waals surface area contributed by atoms with E-state index < -0.39 is 0 Å². The number of carbonyl (C=O) groups is 1. The van der Waals surface area contributed by atoms with E-state index in [1.54, 1.807) is 39.3 Å². The summed E-state index contributed by atoms with van der Waals surface area (Å²) >= 11 is 0. The molecule has 7 nitrogen and oxygen atoms in total. The highest BCUT2D eigenvalue weighted by molar-refractivity contribution is 5.88. The van der Waals surface area contributed by atoms with Gasteiger partial charge in [-0.3, -0.25) is 5.32 Å². The fraction of sp³-hybridized carbons (Fsp3) is 0.286. The van der Waals surface area contributed by atoms with Gasteiger partial charge in [-0.25, -0.2) is 4.79 Å². The van der Waals surface area contributed by atoms with Crippen molar-refractivity contribution in [3.63, 3.8) is 0 Å². The molecule has 0 spiro atoms. The maximum absolute atomic E-state index is 11.7. The molecule has 1 aromatic heterocycles. The molecule has 1 aromatic carbocycles. The molecule has 112 valence electrons. The molecule has 2 N–H and O–H groups in total. The van der Waals surface area contributed by atoms with Crippen LogP contribution in [0.3, 0.4) is 0 Å². The van der Waals surface area contributed by atoms with Crippen LogP contribution >= 0.6 is 0 Å². The van der Waals surface area contributed by atoms with E-state index in [0.29, 0.717) is 29.6 Å². The fourth-order valence-corrected chi connectivity index (χ4v) is 1.76. The molecule has 0 aliphatic rings. The van der Waals surface area contributed by atoms with Crippen LogP contribution in [0.1, 0.15) is 11.3 Å². The Morgan fingerprint density at radius 3 is 2.62 bits per heavy atom. The van der Waals surface area contributed by atoms with Gasteiger partial charge < -0.3 is 19.3 Å². The van der Waals surface area contributed by atoms with E-state index >= 15 is 0 Å². The Kier molecular flexibility index (Phi) is 4.65. The number of methoxy groups -OCH3 is 2. The predicted molar refractivity (Wildman–Crippen MR) is 76.6 cm³/mol. The van der Waals surface area contributed by atoms with Gasteiger partial charge in [-0.15, -0.1) is 0 Å². The molecule has 0 fully saturated rings. The van der Waals surface area contributed by atoms with Gasteiger partial charge in [-0.2, -0.15) is 0 Å². The van der Waals surface area contributed by atoms with Crippen molar-refractivity contribution in [1.29, 1.82) is 0 Å². The van der Waals surface area contributed by atoms with Crippen LogP contribution in [0.2, 0.25) is 0 Å². The summed E-state index contributed by atoms with van der Waals surface area (Å²) in [6.07, 6.45) is 0. The third kappa shape index (κ3) is 3.88. The van der Waals surface area contributed by atoms with E-state index in [1.165, 1.54) is 0 Å². The number of carbonyl (C=O) groups excluding carboxylic acids is 1. The molecule has 21 heavy (non-hydrogen) atoms. The van der Waals surface area contributed by atoms with Crippen LogP contribution in [-0.2, 0) is 6.54 Å². The van der Waals surface area contributed by atoms with E-state index in [-0.39, 0.29) is 6.03 Å². The number of aryl methyl sites for hydroxylation is 1. The zero-order valence-electron chi connectivity index (χ0n) is 12.1. The molecular weight excluding hydrogens is 274 g/mol. The second kappa shape index (κ2) is 6.65. The van der Waals surface area contributed by atoms with E-state index in [2.05, 4.69) is 15.8 Å². The van der Waals surface area contributed by atoms with Gasteiger partial charge in [0.1, 0.15) is 5.76 Å². The van der Waals surface area contributed by atoms with Gasteiger partial charge in [0.15, 0.2) is 17.3 Å². The first-order valence-corrected chi connectivity index (χ1v) is 6.31. The lowest BCUT2D eigenvalue weighted by Crippen LogP contribution is -2.28. The monoisotopic (exact) mass is 291 g/mol. The zero-order chi connectivity index (χ0) is 15.2. The molecule has 0 atom stereocenters. The summed E-state index contributed by atoms with van der Waals surface area (Å²) < 4.78 is 15.2. The van der Waals surface area contributed by atoms with Gasteiger partial charge in [0, 0.05) is 12.6 Å². The molecule has 0 aliphatic heterocycles. The predicted octanol–water partition coefficient (Wildman–Crippen LogP) is 2.32. The molecule has 2 rings (SSSR count). The summed E-state index contributed by atoms with van der Waals surface area (Å²) in [7, 11) is 3.14. The highest BCUT2D eigenvalue weighted by Crippen LogP contribution is 2.27. The standard InChI is InChI=1S/C14H17N3O4/c1-9-6-13(17-21-9)16-14(18)15-8-10-4-5-11(19-2)12(7-10)20-3/h4-7H,8H2,1-3H3,(H2,15,16,17,18). The number of benzene rings is 1. The number of rotatable bonds is 5. The minimum atomic E-state index is -0.363. The molecule has 0 radical (unpaired) electrons. The Morgan fingerprint density at radius 2 is 2.00 bits per heavy atom. The fourth-order valence-electron chi connectivity index (χ4n) is 1.76. The van der Waals surface area contributed by atoms with Crippen LogP contribution in [0.15, 0.2) is 28.8 Å². The van der Waals surface area contributed by atoms with Crippen molar-refractivity contribution in [2.45, 2.75) is 13.5 Å². The average Bonchev–Trinajstić information content (AvgIpc) is 2.89. The number of hydrogen-bond donors (Lipinski definition) is 2. The third-order valence-corrected chi connectivity index (χ3v) is 2.77. The summed E-state index contributed by atoms with van der Waals surface area (Å²) in [6, 6.07) is 6.71. The Bertz CT molecular complexity index is 624. The lowest BCUT2D eigenvalue weighted by Gasteiger charge is -2.10. The summed E-state index contributed by atoms with van der Waals surface area (Å²) in [5, 5.41) is 8.97. The minimum absolute atomic E-state index is 0.350. The van der Waals surface area contributed by atoms with Gasteiger partial charge in [-0.1, -0.05) is 11.2 Å². The quantitative estimate of drug-likeness (QED) is 0.883. The van der Waals surface area contributed by atoms with Crippen molar-refractivity contribution in [2.24, 2.45) is 0 Å². The largest absolute Gasteiger partial charge is 0.493 e. The van der Waals surface area contributed by atoms with E-state index in [4.69, 9.17) is 14.0 Å². The minimum Gasteiger partial charge on any atom is -0.493 e. The molecule has 1 heterocycles. The first-order chi connectivity index (χ1) is 10.1. The number of urea groups is 1. The van der Waals surface area contributed by atoms with Crippen LogP contribution in [0.5, 0.6) is 11.5 Å². The highest BCUT2D eigenvalue weighted by atomic mass is 16.5. The van der Waals surface area contributed by atoms with E-state index in [1.807, 2.05) is 6.07 Å².